The molecule has 0 unspecified atom stereocenters. The number of halogens is 3. The summed E-state index contributed by atoms with van der Waals surface area (Å²) in [7, 11) is -3.28. The number of hydrogen-bond acceptors (Lipinski definition) is 4. The smallest absolute Gasteiger partial charge is 0.248 e. The second kappa shape index (κ2) is 15.4. The van der Waals surface area contributed by atoms with Crippen LogP contribution in [-0.2, 0) is 16.3 Å². The molecule has 1 saturated carbocycles. The predicted octanol–water partition coefficient (Wildman–Crippen LogP) is 8.48. The van der Waals surface area contributed by atoms with E-state index in [4.69, 9.17) is 0 Å². The lowest BCUT2D eigenvalue weighted by molar-refractivity contribution is -0.0328. The van der Waals surface area contributed by atoms with Crippen molar-refractivity contribution in [1.82, 2.24) is 5.32 Å². The van der Waals surface area contributed by atoms with E-state index in [-0.39, 0.29) is 37.3 Å². The van der Waals surface area contributed by atoms with E-state index in [1.807, 2.05) is 24.3 Å². The zero-order valence-corrected chi connectivity index (χ0v) is 25.5. The van der Waals surface area contributed by atoms with Crippen molar-refractivity contribution in [2.75, 3.05) is 18.8 Å². The van der Waals surface area contributed by atoms with Crippen molar-refractivity contribution < 1.29 is 26.7 Å². The molecule has 2 aliphatic carbocycles. The van der Waals surface area contributed by atoms with Crippen LogP contribution in [0, 0.1) is 5.82 Å². The number of aryl methyl sites for hydroxylation is 1. The number of sulfone groups is 1. The zero-order chi connectivity index (χ0) is 30.0. The monoisotopic (exact) mass is 605 g/mol. The molecule has 0 radical (unpaired) electrons. The normalized spacial score (nSPS) is 17.7. The molecular formula is C34H46F3NO3S. The van der Waals surface area contributed by atoms with Crippen molar-refractivity contribution in [1.29, 1.82) is 0 Å². The average Bonchev–Trinajstić information content (AvgIpc) is 3.12. The summed E-state index contributed by atoms with van der Waals surface area (Å²) in [5, 5.41) is 12.9. The number of aromatic hydroxyl groups is 1. The van der Waals surface area contributed by atoms with E-state index in [0.717, 1.165) is 82.9 Å². The van der Waals surface area contributed by atoms with E-state index in [1.165, 1.54) is 34.4 Å². The van der Waals surface area contributed by atoms with Gasteiger partial charge in [0.2, 0.25) is 5.92 Å². The number of rotatable bonds is 15. The van der Waals surface area contributed by atoms with Gasteiger partial charge in [-0.2, -0.15) is 0 Å². The number of fused-ring (bicyclic) bond motifs is 1. The van der Waals surface area contributed by atoms with E-state index >= 15 is 0 Å². The number of unbranched alkanes of at least 4 members (excludes halogenated alkanes) is 5. The Morgan fingerprint density at radius 1 is 0.857 bits per heavy atom. The molecule has 0 atom stereocenters. The summed E-state index contributed by atoms with van der Waals surface area (Å²) in [6.07, 6.45) is 10.0. The third-order valence-electron chi connectivity index (χ3n) is 8.83. The Balaban J connectivity index is 1.14. The van der Waals surface area contributed by atoms with Crippen LogP contribution in [0.2, 0.25) is 0 Å². The maximum absolute atomic E-state index is 13.6. The number of allylic oxidation sites excluding steroid dienone is 2. The van der Waals surface area contributed by atoms with E-state index in [9.17, 15) is 26.7 Å². The van der Waals surface area contributed by atoms with Gasteiger partial charge in [0.25, 0.3) is 0 Å². The molecule has 2 aromatic carbocycles. The van der Waals surface area contributed by atoms with Crippen LogP contribution in [0.15, 0.2) is 42.5 Å². The van der Waals surface area contributed by atoms with Crippen molar-refractivity contribution in [3.05, 3.63) is 65.0 Å². The number of nitrogens with one attached hydrogen (secondary N) is 1. The highest BCUT2D eigenvalue weighted by Crippen LogP contribution is 2.40. The van der Waals surface area contributed by atoms with Crippen molar-refractivity contribution in [2.24, 2.45) is 0 Å². The predicted molar refractivity (Wildman–Crippen MR) is 165 cm³/mol. The van der Waals surface area contributed by atoms with Gasteiger partial charge in [-0.15, -0.1) is 0 Å². The fraction of sp³-hybridized carbons (Fsp3) is 0.588. The summed E-state index contributed by atoms with van der Waals surface area (Å²) >= 11 is 0. The SMILES string of the molecule is O=S(=O)(CCCCCNCCCCCCC1=C(c2ccc(F)cc2)CCCc2cc(O)ccc21)C1CCC(F)(F)CC1. The molecule has 0 saturated heterocycles. The third kappa shape index (κ3) is 9.60. The van der Waals surface area contributed by atoms with Gasteiger partial charge in [-0.05, 0) is 129 Å². The molecule has 2 N–H and O–H groups in total. The molecule has 8 heteroatoms. The molecule has 0 aromatic heterocycles. The molecule has 2 aliphatic rings. The van der Waals surface area contributed by atoms with Gasteiger partial charge in [0.15, 0.2) is 9.84 Å². The standard InChI is InChI=1S/C34H46F3NO3S/c35-28-14-12-26(13-15-28)31-11-8-9-27-25-29(39)16-17-32(27)33(31)10-4-1-2-5-22-38-23-6-3-7-24-42(40,41)30-18-20-34(36,37)21-19-30/h12-17,25,30,38-39H,1-11,18-24H2. The van der Waals surface area contributed by atoms with Gasteiger partial charge in [-0.3, -0.25) is 0 Å². The van der Waals surface area contributed by atoms with Gasteiger partial charge in [0.1, 0.15) is 11.6 Å². The van der Waals surface area contributed by atoms with Crippen LogP contribution in [0.1, 0.15) is 107 Å². The van der Waals surface area contributed by atoms with Gasteiger partial charge >= 0.3 is 0 Å². The molecule has 0 amide bonds. The van der Waals surface area contributed by atoms with E-state index in [2.05, 4.69) is 5.32 Å². The molecule has 4 rings (SSSR count). The zero-order valence-electron chi connectivity index (χ0n) is 24.7. The maximum atomic E-state index is 13.6. The fourth-order valence-corrected chi connectivity index (χ4v) is 8.30. The van der Waals surface area contributed by atoms with Crippen LogP contribution in [0.5, 0.6) is 5.75 Å². The Bertz CT molecular complexity index is 1280. The van der Waals surface area contributed by atoms with Crippen LogP contribution in [0.3, 0.4) is 0 Å². The van der Waals surface area contributed by atoms with E-state index in [1.54, 1.807) is 6.07 Å². The van der Waals surface area contributed by atoms with Gasteiger partial charge in [0.05, 0.1) is 11.0 Å². The Morgan fingerprint density at radius 3 is 2.24 bits per heavy atom. The first-order valence-corrected chi connectivity index (χ1v) is 17.5. The van der Waals surface area contributed by atoms with Crippen LogP contribution >= 0.6 is 0 Å². The minimum atomic E-state index is -3.28. The summed E-state index contributed by atoms with van der Waals surface area (Å²) in [4.78, 5) is 0. The maximum Gasteiger partial charge on any atom is 0.248 e. The topological polar surface area (TPSA) is 66.4 Å². The highest BCUT2D eigenvalue weighted by atomic mass is 32.2. The second-order valence-corrected chi connectivity index (χ2v) is 14.5. The first-order chi connectivity index (χ1) is 20.1. The highest BCUT2D eigenvalue weighted by molar-refractivity contribution is 7.92. The number of phenols is 1. The first kappa shape index (κ1) is 32.6. The summed E-state index contributed by atoms with van der Waals surface area (Å²) in [6.45, 7) is 1.79. The molecule has 232 valence electrons. The molecular weight excluding hydrogens is 559 g/mol. The lowest BCUT2D eigenvalue weighted by Crippen LogP contribution is -2.33. The molecule has 0 aliphatic heterocycles. The molecule has 4 nitrogen and oxygen atoms in total. The highest BCUT2D eigenvalue weighted by Gasteiger charge is 2.39. The molecule has 42 heavy (non-hydrogen) atoms. The first-order valence-electron chi connectivity index (χ1n) is 15.7. The van der Waals surface area contributed by atoms with E-state index < -0.39 is 21.0 Å². The molecule has 1 fully saturated rings. The number of alkyl halides is 2. The quantitative estimate of drug-likeness (QED) is 0.200. The number of benzene rings is 2. The Kier molecular flexibility index (Phi) is 12.0. The van der Waals surface area contributed by atoms with Crippen LogP contribution in [0.25, 0.3) is 11.1 Å². The minimum Gasteiger partial charge on any atom is -0.508 e. The molecule has 0 spiro atoms. The average molecular weight is 606 g/mol. The fourth-order valence-electron chi connectivity index (χ4n) is 6.41. The Hall–Kier alpha value is -2.32. The van der Waals surface area contributed by atoms with E-state index in [0.29, 0.717) is 12.2 Å². The van der Waals surface area contributed by atoms with Crippen LogP contribution in [0.4, 0.5) is 13.2 Å². The largest absolute Gasteiger partial charge is 0.508 e. The second-order valence-electron chi connectivity index (χ2n) is 12.1. The van der Waals surface area contributed by atoms with Crippen LogP contribution < -0.4 is 5.32 Å². The number of phenolic OH excluding ortho intramolecular Hbond substituents is 1. The van der Waals surface area contributed by atoms with Crippen LogP contribution in [-0.4, -0.2) is 43.5 Å². The van der Waals surface area contributed by atoms with Crippen molar-refractivity contribution in [3.63, 3.8) is 0 Å². The summed E-state index contributed by atoms with van der Waals surface area (Å²) in [5.74, 6) is -2.52. The third-order valence-corrected chi connectivity index (χ3v) is 11.2. The molecule has 2 aromatic rings. The van der Waals surface area contributed by atoms with Gasteiger partial charge in [-0.1, -0.05) is 37.5 Å². The summed E-state index contributed by atoms with van der Waals surface area (Å²) in [6, 6.07) is 12.5. The van der Waals surface area contributed by atoms with Gasteiger partial charge in [0, 0.05) is 12.8 Å². The lowest BCUT2D eigenvalue weighted by atomic mass is 9.89. The summed E-state index contributed by atoms with van der Waals surface area (Å²) < 4.78 is 65.2. The van der Waals surface area contributed by atoms with Gasteiger partial charge < -0.3 is 10.4 Å². The van der Waals surface area contributed by atoms with Gasteiger partial charge in [-0.25, -0.2) is 21.6 Å². The van der Waals surface area contributed by atoms with Crippen molar-refractivity contribution in [2.45, 2.75) is 107 Å². The lowest BCUT2D eigenvalue weighted by Gasteiger charge is -2.27. The molecule has 0 bridgehead atoms. The Labute approximate surface area is 249 Å². The van der Waals surface area contributed by atoms with Crippen molar-refractivity contribution >= 4 is 21.0 Å². The summed E-state index contributed by atoms with van der Waals surface area (Å²) in [5.41, 5.74) is 6.07. The Morgan fingerprint density at radius 2 is 1.52 bits per heavy atom. The number of hydrogen-bond donors (Lipinski definition) is 2. The van der Waals surface area contributed by atoms with Crippen molar-refractivity contribution in [3.8, 4) is 5.75 Å². The molecule has 0 heterocycles. The minimum absolute atomic E-state index is 0.0851.